The number of rotatable bonds is 6. The van der Waals surface area contributed by atoms with Gasteiger partial charge in [-0.1, -0.05) is 23.7 Å². The van der Waals surface area contributed by atoms with Crippen LogP contribution >= 0.6 is 27.5 Å². The molecule has 0 fully saturated rings. The molecule has 0 atom stereocenters. The van der Waals surface area contributed by atoms with Crippen LogP contribution in [0.5, 0.6) is 0 Å². The average Bonchev–Trinajstić information content (AvgIpc) is 3.51. The van der Waals surface area contributed by atoms with Gasteiger partial charge in [0.05, 0.1) is 33.8 Å². The van der Waals surface area contributed by atoms with Crippen LogP contribution in [0.4, 0.5) is 5.69 Å². The molecule has 9 nitrogen and oxygen atoms in total. The van der Waals surface area contributed by atoms with Crippen molar-refractivity contribution in [1.82, 2.24) is 34.2 Å². The zero-order chi connectivity index (χ0) is 24.7. The minimum Gasteiger partial charge on any atom is -0.317 e. The third kappa shape index (κ3) is 4.46. The zero-order valence-corrected chi connectivity index (χ0v) is 21.7. The molecule has 0 aliphatic heterocycles. The SMILES string of the molecule is CCn1cc(Br)c(-c2ccnc3cc(C(=O)Nc4c(C)nn(Cc5cccc(Cl)c5)c4C)nn23)n1. The van der Waals surface area contributed by atoms with E-state index >= 15 is 0 Å². The highest BCUT2D eigenvalue weighted by molar-refractivity contribution is 9.10. The first-order valence-electron chi connectivity index (χ1n) is 11.0. The van der Waals surface area contributed by atoms with Crippen molar-refractivity contribution in [3.63, 3.8) is 0 Å². The number of carbonyl (C=O) groups is 1. The van der Waals surface area contributed by atoms with Crippen molar-refractivity contribution in [2.24, 2.45) is 0 Å². The molecule has 178 valence electrons. The Kier molecular flexibility index (Phi) is 6.16. The largest absolute Gasteiger partial charge is 0.317 e. The van der Waals surface area contributed by atoms with Crippen molar-refractivity contribution in [1.29, 1.82) is 0 Å². The molecule has 0 spiro atoms. The van der Waals surface area contributed by atoms with E-state index in [4.69, 9.17) is 11.6 Å². The first-order valence-corrected chi connectivity index (χ1v) is 12.2. The molecule has 11 heteroatoms. The number of halogens is 2. The summed E-state index contributed by atoms with van der Waals surface area (Å²) in [5.74, 6) is -0.340. The first-order chi connectivity index (χ1) is 16.8. The molecule has 0 saturated carbocycles. The summed E-state index contributed by atoms with van der Waals surface area (Å²) in [6.45, 7) is 7.09. The smallest absolute Gasteiger partial charge is 0.276 e. The number of amides is 1. The molecule has 1 aromatic carbocycles. The third-order valence-corrected chi connectivity index (χ3v) is 6.53. The van der Waals surface area contributed by atoms with E-state index in [2.05, 4.69) is 41.5 Å². The summed E-state index contributed by atoms with van der Waals surface area (Å²) in [6.07, 6.45) is 3.59. The topological polar surface area (TPSA) is 94.9 Å². The molecule has 0 saturated heterocycles. The number of hydrogen-bond acceptors (Lipinski definition) is 5. The molecular weight excluding hydrogens is 532 g/mol. The van der Waals surface area contributed by atoms with Gasteiger partial charge in [-0.05, 0) is 60.5 Å². The molecule has 1 N–H and O–H groups in total. The number of fused-ring (bicyclic) bond motifs is 1. The number of hydrogen-bond donors (Lipinski definition) is 1. The van der Waals surface area contributed by atoms with Gasteiger partial charge in [-0.2, -0.15) is 15.3 Å². The molecule has 5 aromatic rings. The standard InChI is InChI=1S/C24H22BrClN8O/c1-4-32-13-18(25)23(31-32)20-8-9-27-21-11-19(30-34(20)21)24(35)28-22-14(2)29-33(15(22)3)12-16-6-5-7-17(26)10-16/h5-11,13H,4,12H2,1-3H3,(H,28,35). The van der Waals surface area contributed by atoms with Crippen molar-refractivity contribution < 1.29 is 4.79 Å². The lowest BCUT2D eigenvalue weighted by Crippen LogP contribution is -2.14. The van der Waals surface area contributed by atoms with Gasteiger partial charge in [0.15, 0.2) is 11.3 Å². The Morgan fingerprint density at radius 1 is 1.14 bits per heavy atom. The number of nitrogens with one attached hydrogen (secondary N) is 1. The van der Waals surface area contributed by atoms with E-state index in [1.165, 1.54) is 0 Å². The van der Waals surface area contributed by atoms with Crippen LogP contribution in [0.25, 0.3) is 17.0 Å². The van der Waals surface area contributed by atoms with Crippen LogP contribution in [0.1, 0.15) is 34.4 Å². The molecule has 0 bridgehead atoms. The summed E-state index contributed by atoms with van der Waals surface area (Å²) in [6, 6.07) is 11.1. The van der Waals surface area contributed by atoms with Crippen LogP contribution in [-0.2, 0) is 13.1 Å². The lowest BCUT2D eigenvalue weighted by molar-refractivity contribution is 0.102. The van der Waals surface area contributed by atoms with Gasteiger partial charge in [0.25, 0.3) is 5.91 Å². The maximum absolute atomic E-state index is 13.2. The van der Waals surface area contributed by atoms with E-state index in [-0.39, 0.29) is 11.6 Å². The van der Waals surface area contributed by atoms with E-state index in [9.17, 15) is 4.79 Å². The minimum absolute atomic E-state index is 0.248. The highest BCUT2D eigenvalue weighted by atomic mass is 79.9. The monoisotopic (exact) mass is 552 g/mol. The second kappa shape index (κ2) is 9.27. The summed E-state index contributed by atoms with van der Waals surface area (Å²) in [5.41, 5.74) is 5.50. The molecule has 5 rings (SSSR count). The van der Waals surface area contributed by atoms with Gasteiger partial charge < -0.3 is 5.32 Å². The fraction of sp³-hybridized carbons (Fsp3) is 0.208. The van der Waals surface area contributed by atoms with Crippen molar-refractivity contribution in [2.75, 3.05) is 5.32 Å². The number of carbonyl (C=O) groups excluding carboxylic acids is 1. The van der Waals surface area contributed by atoms with E-state index in [1.54, 1.807) is 16.8 Å². The Hall–Kier alpha value is -3.50. The van der Waals surface area contributed by atoms with E-state index in [1.807, 2.05) is 66.7 Å². The van der Waals surface area contributed by atoms with E-state index < -0.39 is 0 Å². The summed E-state index contributed by atoms with van der Waals surface area (Å²) in [4.78, 5) is 17.5. The fourth-order valence-electron chi connectivity index (χ4n) is 3.94. The predicted octanol–water partition coefficient (Wildman–Crippen LogP) is 5.14. The quantitative estimate of drug-likeness (QED) is 0.314. The minimum atomic E-state index is -0.340. The van der Waals surface area contributed by atoms with Crippen molar-refractivity contribution in [3.05, 3.63) is 80.9 Å². The Morgan fingerprint density at radius 3 is 2.71 bits per heavy atom. The van der Waals surface area contributed by atoms with Crippen LogP contribution < -0.4 is 5.32 Å². The van der Waals surface area contributed by atoms with Crippen LogP contribution in [0.3, 0.4) is 0 Å². The maximum Gasteiger partial charge on any atom is 0.276 e. The van der Waals surface area contributed by atoms with E-state index in [0.29, 0.717) is 22.9 Å². The van der Waals surface area contributed by atoms with Crippen molar-refractivity contribution in [3.8, 4) is 11.4 Å². The second-order valence-electron chi connectivity index (χ2n) is 8.10. The molecule has 0 unspecified atom stereocenters. The van der Waals surface area contributed by atoms with Crippen molar-refractivity contribution in [2.45, 2.75) is 33.9 Å². The highest BCUT2D eigenvalue weighted by Crippen LogP contribution is 2.27. The molecule has 4 aromatic heterocycles. The first kappa shape index (κ1) is 23.3. The van der Waals surface area contributed by atoms with Crippen LogP contribution in [0.15, 0.2) is 53.3 Å². The average molecular weight is 554 g/mol. The Labute approximate surface area is 214 Å². The van der Waals surface area contributed by atoms with E-state index in [0.717, 1.165) is 39.4 Å². The molecule has 1 amide bonds. The highest BCUT2D eigenvalue weighted by Gasteiger charge is 2.20. The van der Waals surface area contributed by atoms with Crippen LogP contribution in [-0.4, -0.2) is 40.1 Å². The van der Waals surface area contributed by atoms with Crippen LogP contribution in [0, 0.1) is 13.8 Å². The molecule has 0 radical (unpaired) electrons. The summed E-state index contributed by atoms with van der Waals surface area (Å²) < 4.78 is 6.15. The van der Waals surface area contributed by atoms with Gasteiger partial charge in [-0.25, -0.2) is 9.50 Å². The van der Waals surface area contributed by atoms with Gasteiger partial charge in [-0.3, -0.25) is 14.2 Å². The number of nitrogens with zero attached hydrogens (tertiary/aromatic N) is 7. The fourth-order valence-corrected chi connectivity index (χ4v) is 4.67. The molecule has 0 aliphatic rings. The second-order valence-corrected chi connectivity index (χ2v) is 9.39. The normalized spacial score (nSPS) is 11.3. The predicted molar refractivity (Wildman–Crippen MR) is 138 cm³/mol. The molecule has 0 aliphatic carbocycles. The van der Waals surface area contributed by atoms with Gasteiger partial charge in [0.1, 0.15) is 5.69 Å². The van der Waals surface area contributed by atoms with Crippen LogP contribution in [0.2, 0.25) is 5.02 Å². The Bertz CT molecular complexity index is 1570. The number of aromatic nitrogens is 7. The third-order valence-electron chi connectivity index (χ3n) is 5.72. The lowest BCUT2D eigenvalue weighted by Gasteiger charge is -2.07. The number of anilines is 1. The number of aryl methyl sites for hydroxylation is 2. The van der Waals surface area contributed by atoms with Crippen molar-refractivity contribution >= 4 is 44.8 Å². The summed E-state index contributed by atoms with van der Waals surface area (Å²) in [7, 11) is 0. The Morgan fingerprint density at radius 2 is 1.97 bits per heavy atom. The lowest BCUT2D eigenvalue weighted by atomic mass is 10.2. The number of benzene rings is 1. The van der Waals surface area contributed by atoms with Gasteiger partial charge >= 0.3 is 0 Å². The summed E-state index contributed by atoms with van der Waals surface area (Å²) >= 11 is 9.68. The van der Waals surface area contributed by atoms with Gasteiger partial charge in [0, 0.05) is 30.0 Å². The van der Waals surface area contributed by atoms with Gasteiger partial charge in [0.2, 0.25) is 0 Å². The Balaban J connectivity index is 1.43. The molecular formula is C24H22BrClN8O. The zero-order valence-electron chi connectivity index (χ0n) is 19.3. The summed E-state index contributed by atoms with van der Waals surface area (Å²) in [5, 5.41) is 17.4. The molecule has 35 heavy (non-hydrogen) atoms. The molecule has 4 heterocycles. The maximum atomic E-state index is 13.2. The van der Waals surface area contributed by atoms with Gasteiger partial charge in [-0.15, -0.1) is 0 Å².